The molecule has 0 aliphatic rings. The number of ketones is 1. The van der Waals surface area contributed by atoms with E-state index in [4.69, 9.17) is 40.5 Å². The molecule has 0 heterocycles. The Morgan fingerprint density at radius 2 is 1.58 bits per heavy atom. The average molecular weight is 333 g/mol. The molecule has 0 aliphatic carbocycles. The summed E-state index contributed by atoms with van der Waals surface area (Å²) in [6, 6.07) is -1.03. The second kappa shape index (κ2) is 10.4. The summed E-state index contributed by atoms with van der Waals surface area (Å²) < 4.78 is 0. The molecule has 9 heteroatoms. The molecular formula is C10H16Cl3N3O3. The predicted molar refractivity (Wildman–Crippen MR) is 74.7 cm³/mol. The summed E-state index contributed by atoms with van der Waals surface area (Å²) in [5.74, 6) is -3.02. The Hall–Kier alpha value is -0.400. The first-order chi connectivity index (χ1) is 9.03. The van der Waals surface area contributed by atoms with Gasteiger partial charge in [-0.1, -0.05) is 0 Å². The Kier molecular flexibility index (Phi) is 10.2. The van der Waals surface area contributed by atoms with Crippen LogP contribution in [0.25, 0.3) is 0 Å². The quantitative estimate of drug-likeness (QED) is 0.440. The number of Topliss-reactive ketones (excluding diaryl/α,β-unsaturated/α-hetero) is 1. The van der Waals surface area contributed by atoms with Crippen LogP contribution in [0.3, 0.4) is 0 Å². The van der Waals surface area contributed by atoms with Gasteiger partial charge in [0.05, 0.1) is 5.88 Å². The van der Waals surface area contributed by atoms with Gasteiger partial charge in [-0.05, 0) is 0 Å². The fraction of sp³-hybridized carbons (Fsp3) is 0.700. The molecule has 110 valence electrons. The number of carbonyl (C=O) groups excluding carboxylic acids is 3. The average Bonchev–Trinajstić information content (AvgIpc) is 2.44. The maximum absolute atomic E-state index is 11.8. The molecule has 0 radical (unpaired) electrons. The molecule has 0 aromatic heterocycles. The fourth-order valence-corrected chi connectivity index (χ4v) is 1.83. The molecule has 0 rings (SSSR count). The number of alkyl halides is 3. The lowest BCUT2D eigenvalue weighted by molar-refractivity contribution is -0.148. The number of rotatable bonds is 9. The first kappa shape index (κ1) is 18.6. The molecule has 0 aromatic rings. The first-order valence-corrected chi connectivity index (χ1v) is 7.10. The second-order valence-corrected chi connectivity index (χ2v) is 4.34. The monoisotopic (exact) mass is 331 g/mol. The minimum Gasteiger partial charge on any atom is -0.329 e. The maximum Gasteiger partial charge on any atom is 0.244 e. The topological polar surface area (TPSA) is 92.5 Å². The summed E-state index contributed by atoms with van der Waals surface area (Å²) in [6.07, 6.45) is 0. The van der Waals surface area contributed by atoms with Gasteiger partial charge in [-0.2, -0.15) is 0 Å². The summed E-state index contributed by atoms with van der Waals surface area (Å²) in [5, 5.41) is 2.85. The number of carbonyl (C=O) groups is 3. The van der Waals surface area contributed by atoms with Crippen LogP contribution in [-0.4, -0.2) is 65.8 Å². The summed E-state index contributed by atoms with van der Waals surface area (Å²) in [6.45, 7) is 0.854. The number of nitrogens with two attached hydrogens (primary N) is 1. The largest absolute Gasteiger partial charge is 0.329 e. The van der Waals surface area contributed by atoms with Crippen LogP contribution < -0.4 is 11.1 Å². The van der Waals surface area contributed by atoms with E-state index < -0.39 is 35.4 Å². The van der Waals surface area contributed by atoms with Crippen LogP contribution in [0.2, 0.25) is 0 Å². The van der Waals surface area contributed by atoms with Crippen LogP contribution in [0.4, 0.5) is 0 Å². The van der Waals surface area contributed by atoms with Crippen molar-refractivity contribution in [2.75, 3.05) is 37.3 Å². The van der Waals surface area contributed by atoms with Crippen LogP contribution in [0.15, 0.2) is 0 Å². The zero-order valence-electron chi connectivity index (χ0n) is 10.2. The van der Waals surface area contributed by atoms with E-state index in [1.807, 2.05) is 0 Å². The van der Waals surface area contributed by atoms with Gasteiger partial charge in [0, 0.05) is 19.6 Å². The smallest absolute Gasteiger partial charge is 0.244 e. The zero-order chi connectivity index (χ0) is 14.8. The van der Waals surface area contributed by atoms with E-state index in [-0.39, 0.29) is 12.4 Å². The Labute approximate surface area is 126 Å². The van der Waals surface area contributed by atoms with Gasteiger partial charge < -0.3 is 11.1 Å². The standard InChI is InChI=1S/C10H16Cl3N3O3/c11-3-8(17)7(6-15-2-1-14)16(9(18)4-12)10(19)5-13/h7,15H,1-6,14H2. The molecular weight excluding hydrogens is 316 g/mol. The van der Waals surface area contributed by atoms with Crippen LogP contribution in [0.1, 0.15) is 0 Å². The molecule has 0 saturated heterocycles. The third-order valence-corrected chi connectivity index (χ3v) is 2.96. The van der Waals surface area contributed by atoms with E-state index in [1.54, 1.807) is 0 Å². The molecule has 0 aliphatic heterocycles. The Morgan fingerprint density at radius 1 is 1.05 bits per heavy atom. The molecule has 19 heavy (non-hydrogen) atoms. The van der Waals surface area contributed by atoms with Gasteiger partial charge >= 0.3 is 0 Å². The van der Waals surface area contributed by atoms with Gasteiger partial charge in [-0.25, -0.2) is 0 Å². The van der Waals surface area contributed by atoms with Crippen molar-refractivity contribution in [2.45, 2.75) is 6.04 Å². The van der Waals surface area contributed by atoms with E-state index >= 15 is 0 Å². The van der Waals surface area contributed by atoms with Gasteiger partial charge in [0.1, 0.15) is 17.8 Å². The highest BCUT2D eigenvalue weighted by atomic mass is 35.5. The van der Waals surface area contributed by atoms with Gasteiger partial charge in [0.15, 0.2) is 5.78 Å². The highest BCUT2D eigenvalue weighted by Gasteiger charge is 2.32. The van der Waals surface area contributed by atoms with Gasteiger partial charge in [0.2, 0.25) is 11.8 Å². The SMILES string of the molecule is NCCNCC(C(=O)CCl)N(C(=O)CCl)C(=O)CCl. The zero-order valence-corrected chi connectivity index (χ0v) is 12.5. The minimum absolute atomic E-state index is 0.0635. The van der Waals surface area contributed by atoms with Crippen molar-refractivity contribution >= 4 is 52.4 Å². The number of hydrogen-bond acceptors (Lipinski definition) is 5. The summed E-state index contributed by atoms with van der Waals surface area (Å²) in [4.78, 5) is 35.9. The van der Waals surface area contributed by atoms with Crippen molar-refractivity contribution in [1.82, 2.24) is 10.2 Å². The molecule has 2 amide bonds. The van der Waals surface area contributed by atoms with Gasteiger partial charge in [0.25, 0.3) is 0 Å². The van der Waals surface area contributed by atoms with Gasteiger partial charge in [-0.3, -0.25) is 19.3 Å². The number of imide groups is 1. The molecule has 6 nitrogen and oxygen atoms in total. The Morgan fingerprint density at radius 3 is 1.95 bits per heavy atom. The number of nitrogens with zero attached hydrogens (tertiary/aromatic N) is 1. The summed E-state index contributed by atoms with van der Waals surface area (Å²) in [5.41, 5.74) is 5.31. The van der Waals surface area contributed by atoms with Crippen molar-refractivity contribution in [3.63, 3.8) is 0 Å². The molecule has 0 aromatic carbocycles. The lowest BCUT2D eigenvalue weighted by atomic mass is 10.1. The third kappa shape index (κ3) is 6.05. The molecule has 0 bridgehead atoms. The highest BCUT2D eigenvalue weighted by Crippen LogP contribution is 2.06. The highest BCUT2D eigenvalue weighted by molar-refractivity contribution is 6.33. The fourth-order valence-electron chi connectivity index (χ4n) is 1.39. The van der Waals surface area contributed by atoms with E-state index in [1.165, 1.54) is 0 Å². The molecule has 1 atom stereocenters. The number of amides is 2. The summed E-state index contributed by atoms with van der Waals surface area (Å²) in [7, 11) is 0. The normalized spacial score (nSPS) is 12.0. The number of halogens is 3. The molecule has 3 N–H and O–H groups in total. The molecule has 0 fully saturated rings. The lowest BCUT2D eigenvalue weighted by Crippen LogP contribution is -2.54. The maximum atomic E-state index is 11.8. The van der Waals surface area contributed by atoms with Crippen LogP contribution >= 0.6 is 34.8 Å². The van der Waals surface area contributed by atoms with Crippen molar-refractivity contribution in [3.8, 4) is 0 Å². The first-order valence-electron chi connectivity index (χ1n) is 5.49. The van der Waals surface area contributed by atoms with E-state index in [9.17, 15) is 14.4 Å². The lowest BCUT2D eigenvalue weighted by Gasteiger charge is -2.28. The Bertz CT molecular complexity index is 312. The van der Waals surface area contributed by atoms with Gasteiger partial charge in [-0.15, -0.1) is 34.8 Å². The third-order valence-electron chi connectivity index (χ3n) is 2.24. The van der Waals surface area contributed by atoms with Crippen LogP contribution in [-0.2, 0) is 14.4 Å². The Balaban J connectivity index is 5.06. The van der Waals surface area contributed by atoms with Crippen molar-refractivity contribution in [1.29, 1.82) is 0 Å². The van der Waals surface area contributed by atoms with E-state index in [0.29, 0.717) is 13.1 Å². The molecule has 0 spiro atoms. The second-order valence-electron chi connectivity index (χ2n) is 3.53. The van der Waals surface area contributed by atoms with Crippen molar-refractivity contribution in [2.24, 2.45) is 5.73 Å². The molecule has 1 unspecified atom stereocenters. The molecule has 0 saturated carbocycles. The van der Waals surface area contributed by atoms with Crippen LogP contribution in [0.5, 0.6) is 0 Å². The van der Waals surface area contributed by atoms with E-state index in [2.05, 4.69) is 5.32 Å². The number of nitrogens with one attached hydrogen (secondary N) is 1. The van der Waals surface area contributed by atoms with Crippen molar-refractivity contribution < 1.29 is 14.4 Å². The van der Waals surface area contributed by atoms with Crippen LogP contribution in [0, 0.1) is 0 Å². The van der Waals surface area contributed by atoms with E-state index in [0.717, 1.165) is 4.90 Å². The van der Waals surface area contributed by atoms with Crippen molar-refractivity contribution in [3.05, 3.63) is 0 Å². The summed E-state index contributed by atoms with van der Waals surface area (Å²) >= 11 is 16.3. The number of hydrogen-bond donors (Lipinski definition) is 2. The predicted octanol–water partition coefficient (Wildman–Crippen LogP) is -0.456. The minimum atomic E-state index is -1.03.